The predicted molar refractivity (Wildman–Crippen MR) is 40.3 cm³/mol. The Hall–Kier alpha value is -1.52. The van der Waals surface area contributed by atoms with Crippen LogP contribution in [0.3, 0.4) is 0 Å². The molecule has 0 saturated carbocycles. The van der Waals surface area contributed by atoms with Crippen LogP contribution in [-0.2, 0) is 4.79 Å². The second kappa shape index (κ2) is 3.75. The summed E-state index contributed by atoms with van der Waals surface area (Å²) in [5.74, 6) is -0.525. The van der Waals surface area contributed by atoms with Crippen molar-refractivity contribution < 1.29 is 9.53 Å². The average Bonchev–Trinajstić information content (AvgIpc) is 2.06. The van der Waals surface area contributed by atoms with Crippen molar-refractivity contribution in [2.45, 2.75) is 13.8 Å². The zero-order valence-corrected chi connectivity index (χ0v) is 6.89. The van der Waals surface area contributed by atoms with E-state index < -0.39 is 0 Å². The standard InChI is InChI=1S/C7H9N3O2/c1-5(2)6(11)12-7-9-3-8-4-10-7/h3-5H,1-2H3. The Morgan fingerprint density at radius 2 is 2.00 bits per heavy atom. The Bertz CT molecular complexity index is 261. The number of hydrogen-bond acceptors (Lipinski definition) is 5. The molecule has 0 bridgehead atoms. The summed E-state index contributed by atoms with van der Waals surface area (Å²) in [7, 11) is 0. The van der Waals surface area contributed by atoms with Gasteiger partial charge in [0, 0.05) is 0 Å². The minimum absolute atomic E-state index is 0.0451. The maximum Gasteiger partial charge on any atom is 0.327 e. The molecule has 1 rings (SSSR count). The Balaban J connectivity index is 2.59. The largest absolute Gasteiger partial charge is 0.391 e. The Morgan fingerprint density at radius 1 is 1.42 bits per heavy atom. The number of aromatic nitrogens is 3. The lowest BCUT2D eigenvalue weighted by atomic mass is 10.2. The molecule has 0 aromatic carbocycles. The summed E-state index contributed by atoms with van der Waals surface area (Å²) < 4.78 is 4.77. The fourth-order valence-electron chi connectivity index (χ4n) is 0.489. The quantitative estimate of drug-likeness (QED) is 0.598. The number of hydrogen-bond donors (Lipinski definition) is 0. The highest BCUT2D eigenvalue weighted by atomic mass is 16.5. The van der Waals surface area contributed by atoms with Gasteiger partial charge in [-0.25, -0.2) is 4.98 Å². The van der Waals surface area contributed by atoms with Crippen molar-refractivity contribution in [2.24, 2.45) is 5.92 Å². The van der Waals surface area contributed by atoms with Crippen molar-refractivity contribution in [3.8, 4) is 6.01 Å². The molecule has 0 spiro atoms. The molecule has 1 aromatic heterocycles. The summed E-state index contributed by atoms with van der Waals surface area (Å²) >= 11 is 0. The Kier molecular flexibility index (Phi) is 2.68. The summed E-state index contributed by atoms with van der Waals surface area (Å²) in [6, 6.07) is 0.0451. The maximum atomic E-state index is 11.0. The van der Waals surface area contributed by atoms with Gasteiger partial charge in [0.15, 0.2) is 0 Å². The van der Waals surface area contributed by atoms with Crippen LogP contribution in [0.15, 0.2) is 12.7 Å². The van der Waals surface area contributed by atoms with Crippen molar-refractivity contribution in [1.82, 2.24) is 15.0 Å². The zero-order chi connectivity index (χ0) is 8.97. The second-order valence-electron chi connectivity index (χ2n) is 2.50. The van der Waals surface area contributed by atoms with E-state index in [9.17, 15) is 4.79 Å². The maximum absolute atomic E-state index is 11.0. The fraction of sp³-hybridized carbons (Fsp3) is 0.429. The lowest BCUT2D eigenvalue weighted by Crippen LogP contribution is -2.16. The van der Waals surface area contributed by atoms with Crippen LogP contribution in [0.25, 0.3) is 0 Å². The van der Waals surface area contributed by atoms with Gasteiger partial charge in [-0.15, -0.1) is 0 Å². The molecule has 1 heterocycles. The minimum Gasteiger partial charge on any atom is -0.391 e. The molecule has 0 aliphatic carbocycles. The van der Waals surface area contributed by atoms with E-state index in [1.54, 1.807) is 13.8 Å². The number of esters is 1. The van der Waals surface area contributed by atoms with Crippen LogP contribution < -0.4 is 4.74 Å². The molecular weight excluding hydrogens is 158 g/mol. The van der Waals surface area contributed by atoms with Crippen molar-refractivity contribution in [3.63, 3.8) is 0 Å². The molecule has 5 nitrogen and oxygen atoms in total. The van der Waals surface area contributed by atoms with E-state index in [1.165, 1.54) is 12.7 Å². The first-order valence-electron chi connectivity index (χ1n) is 3.54. The predicted octanol–water partition coefficient (Wildman–Crippen LogP) is 0.433. The van der Waals surface area contributed by atoms with Crippen LogP contribution in [0, 0.1) is 5.92 Å². The van der Waals surface area contributed by atoms with Crippen LogP contribution in [0.1, 0.15) is 13.8 Å². The molecule has 0 fully saturated rings. The third-order valence-electron chi connectivity index (χ3n) is 1.13. The van der Waals surface area contributed by atoms with Crippen LogP contribution in [0.2, 0.25) is 0 Å². The molecule has 1 aromatic rings. The third-order valence-corrected chi connectivity index (χ3v) is 1.13. The van der Waals surface area contributed by atoms with Gasteiger partial charge in [0.2, 0.25) is 0 Å². The molecule has 5 heteroatoms. The third kappa shape index (κ3) is 2.26. The number of rotatable bonds is 2. The van der Waals surface area contributed by atoms with Crippen LogP contribution in [0.4, 0.5) is 0 Å². The lowest BCUT2D eigenvalue weighted by molar-refractivity contribution is -0.138. The van der Waals surface area contributed by atoms with E-state index in [0.717, 1.165) is 0 Å². The van der Waals surface area contributed by atoms with Crippen LogP contribution >= 0.6 is 0 Å². The SMILES string of the molecule is CC(C)C(=O)Oc1ncncn1. The molecule has 0 aliphatic heterocycles. The fourth-order valence-corrected chi connectivity index (χ4v) is 0.489. The summed E-state index contributed by atoms with van der Waals surface area (Å²) in [5, 5.41) is 0. The van der Waals surface area contributed by atoms with Crippen molar-refractivity contribution >= 4 is 5.97 Å². The van der Waals surface area contributed by atoms with Crippen LogP contribution in [-0.4, -0.2) is 20.9 Å². The monoisotopic (exact) mass is 167 g/mol. The molecule has 0 N–H and O–H groups in total. The number of carbonyl (C=O) groups excluding carboxylic acids is 1. The smallest absolute Gasteiger partial charge is 0.327 e. The van der Waals surface area contributed by atoms with Gasteiger partial charge < -0.3 is 4.74 Å². The Morgan fingerprint density at radius 3 is 2.50 bits per heavy atom. The van der Waals surface area contributed by atoms with Crippen LogP contribution in [0.5, 0.6) is 6.01 Å². The normalized spacial score (nSPS) is 9.92. The molecule has 0 aliphatic rings. The molecule has 0 unspecified atom stereocenters. The summed E-state index contributed by atoms with van der Waals surface area (Å²) in [6.45, 7) is 3.48. The highest BCUT2D eigenvalue weighted by Crippen LogP contribution is 2.01. The van der Waals surface area contributed by atoms with Gasteiger partial charge in [-0.1, -0.05) is 13.8 Å². The van der Waals surface area contributed by atoms with E-state index in [0.29, 0.717) is 0 Å². The first-order valence-corrected chi connectivity index (χ1v) is 3.54. The molecular formula is C7H9N3O2. The average molecular weight is 167 g/mol. The van der Waals surface area contributed by atoms with Gasteiger partial charge in [0.1, 0.15) is 12.7 Å². The van der Waals surface area contributed by atoms with Gasteiger partial charge in [0.25, 0.3) is 0 Å². The Labute approximate surface area is 69.8 Å². The van der Waals surface area contributed by atoms with Crippen molar-refractivity contribution in [2.75, 3.05) is 0 Å². The molecule has 12 heavy (non-hydrogen) atoms. The number of nitrogens with zero attached hydrogens (tertiary/aromatic N) is 3. The topological polar surface area (TPSA) is 65.0 Å². The van der Waals surface area contributed by atoms with E-state index >= 15 is 0 Å². The van der Waals surface area contributed by atoms with Gasteiger partial charge >= 0.3 is 12.0 Å². The van der Waals surface area contributed by atoms with Crippen molar-refractivity contribution in [3.05, 3.63) is 12.7 Å². The zero-order valence-electron chi connectivity index (χ0n) is 6.89. The van der Waals surface area contributed by atoms with E-state index in [1.807, 2.05) is 0 Å². The molecule has 0 atom stereocenters. The first kappa shape index (κ1) is 8.58. The van der Waals surface area contributed by atoms with Gasteiger partial charge in [-0.2, -0.15) is 9.97 Å². The van der Waals surface area contributed by atoms with Gasteiger partial charge in [0.05, 0.1) is 5.92 Å². The minimum atomic E-state index is -0.346. The molecule has 0 saturated heterocycles. The van der Waals surface area contributed by atoms with E-state index in [4.69, 9.17) is 4.74 Å². The summed E-state index contributed by atoms with van der Waals surface area (Å²) in [5.41, 5.74) is 0. The summed E-state index contributed by atoms with van der Waals surface area (Å²) in [4.78, 5) is 21.8. The number of ether oxygens (including phenoxy) is 1. The lowest BCUT2D eigenvalue weighted by Gasteiger charge is -2.02. The first-order chi connectivity index (χ1) is 5.70. The van der Waals surface area contributed by atoms with E-state index in [2.05, 4.69) is 15.0 Å². The summed E-state index contributed by atoms with van der Waals surface area (Å²) in [6.07, 6.45) is 2.55. The van der Waals surface area contributed by atoms with Gasteiger partial charge in [-0.3, -0.25) is 4.79 Å². The highest BCUT2D eigenvalue weighted by Gasteiger charge is 2.10. The molecule has 64 valence electrons. The highest BCUT2D eigenvalue weighted by molar-refractivity contribution is 5.73. The van der Waals surface area contributed by atoms with Crippen molar-refractivity contribution in [1.29, 1.82) is 0 Å². The molecule has 0 radical (unpaired) electrons. The van der Waals surface area contributed by atoms with Gasteiger partial charge in [-0.05, 0) is 0 Å². The molecule has 0 amide bonds. The second-order valence-corrected chi connectivity index (χ2v) is 2.50. The number of carbonyl (C=O) groups is 1. The van der Waals surface area contributed by atoms with E-state index in [-0.39, 0.29) is 17.9 Å².